The number of amides is 1. The lowest BCUT2D eigenvalue weighted by atomic mass is 10.2. The van der Waals surface area contributed by atoms with E-state index in [0.717, 1.165) is 5.56 Å². The topological polar surface area (TPSA) is 67.8 Å². The first-order valence-electron chi connectivity index (χ1n) is 5.85. The van der Waals surface area contributed by atoms with E-state index in [-0.39, 0.29) is 6.61 Å². The van der Waals surface area contributed by atoms with E-state index in [4.69, 9.17) is 9.47 Å². The Bertz CT molecular complexity index is 355. The Morgan fingerprint density at radius 2 is 2.06 bits per heavy atom. The molecule has 2 N–H and O–H groups in total. The van der Waals surface area contributed by atoms with Crippen molar-refractivity contribution in [3.05, 3.63) is 35.9 Å². The van der Waals surface area contributed by atoms with Crippen molar-refractivity contribution in [2.24, 2.45) is 0 Å². The van der Waals surface area contributed by atoms with E-state index in [1.165, 1.54) is 7.11 Å². The minimum atomic E-state index is -1.03. The van der Waals surface area contributed by atoms with Crippen LogP contribution in [0.15, 0.2) is 30.3 Å². The van der Waals surface area contributed by atoms with Crippen LogP contribution in [0.25, 0.3) is 0 Å². The van der Waals surface area contributed by atoms with Gasteiger partial charge in [0.15, 0.2) is 6.29 Å². The molecule has 5 nitrogen and oxygen atoms in total. The molecule has 2 atom stereocenters. The van der Waals surface area contributed by atoms with Crippen LogP contribution in [-0.2, 0) is 16.1 Å². The number of hydrogen-bond donors (Lipinski definition) is 2. The average molecular weight is 253 g/mol. The Kier molecular flexibility index (Phi) is 6.18. The third kappa shape index (κ3) is 4.73. The predicted octanol–water partition coefficient (Wildman–Crippen LogP) is 1.66. The summed E-state index contributed by atoms with van der Waals surface area (Å²) < 4.78 is 9.79. The Labute approximate surface area is 107 Å². The van der Waals surface area contributed by atoms with Crippen LogP contribution >= 0.6 is 0 Å². The lowest BCUT2D eigenvalue weighted by molar-refractivity contribution is -0.0964. The number of carbonyl (C=O) groups excluding carboxylic acids is 1. The first-order chi connectivity index (χ1) is 8.67. The van der Waals surface area contributed by atoms with Gasteiger partial charge in [-0.2, -0.15) is 0 Å². The molecule has 0 aliphatic heterocycles. The van der Waals surface area contributed by atoms with Gasteiger partial charge in [-0.15, -0.1) is 0 Å². The summed E-state index contributed by atoms with van der Waals surface area (Å²) in [6, 6.07) is 8.91. The van der Waals surface area contributed by atoms with Crippen molar-refractivity contribution in [3.63, 3.8) is 0 Å². The van der Waals surface area contributed by atoms with Crippen molar-refractivity contribution in [2.75, 3.05) is 7.11 Å². The second-order valence-corrected chi connectivity index (χ2v) is 3.85. The molecular weight excluding hydrogens is 234 g/mol. The molecule has 0 aromatic heterocycles. The SMILES string of the molecule is CC[C@H](NC(=O)OCc1ccccc1)C(O)OC. The van der Waals surface area contributed by atoms with Crippen LogP contribution in [0.2, 0.25) is 0 Å². The normalized spacial score (nSPS) is 13.7. The standard InChI is InChI=1S/C13H19NO4/c1-3-11(12(15)17-2)14-13(16)18-9-10-7-5-4-6-8-10/h4-8,11-12,15H,3,9H2,1-2H3,(H,14,16)/t11-,12?/m0/s1. The number of aliphatic hydroxyl groups is 1. The molecule has 5 heteroatoms. The second kappa shape index (κ2) is 7.68. The number of ether oxygens (including phenoxy) is 2. The van der Waals surface area contributed by atoms with Gasteiger partial charge in [-0.05, 0) is 12.0 Å². The molecule has 1 aromatic rings. The monoisotopic (exact) mass is 253 g/mol. The van der Waals surface area contributed by atoms with Crippen LogP contribution in [0.1, 0.15) is 18.9 Å². The summed E-state index contributed by atoms with van der Waals surface area (Å²) in [5, 5.41) is 12.0. The van der Waals surface area contributed by atoms with E-state index < -0.39 is 18.4 Å². The molecule has 1 rings (SSSR count). The summed E-state index contributed by atoms with van der Waals surface area (Å²) in [5.74, 6) is 0. The number of methoxy groups -OCH3 is 1. The smallest absolute Gasteiger partial charge is 0.407 e. The Morgan fingerprint density at radius 1 is 1.39 bits per heavy atom. The zero-order valence-electron chi connectivity index (χ0n) is 10.6. The highest BCUT2D eigenvalue weighted by Gasteiger charge is 2.19. The molecule has 1 aromatic carbocycles. The second-order valence-electron chi connectivity index (χ2n) is 3.85. The zero-order chi connectivity index (χ0) is 13.4. The van der Waals surface area contributed by atoms with Gasteiger partial charge in [0.25, 0.3) is 0 Å². The molecule has 0 aliphatic carbocycles. The quantitative estimate of drug-likeness (QED) is 0.756. The summed E-state index contributed by atoms with van der Waals surface area (Å²) in [6.45, 7) is 2.04. The van der Waals surface area contributed by atoms with Crippen LogP contribution in [0.3, 0.4) is 0 Å². The fraction of sp³-hybridized carbons (Fsp3) is 0.462. The number of alkyl carbamates (subject to hydrolysis) is 1. The molecule has 18 heavy (non-hydrogen) atoms. The zero-order valence-corrected chi connectivity index (χ0v) is 10.6. The molecule has 100 valence electrons. The lowest BCUT2D eigenvalue weighted by Crippen LogP contribution is -2.43. The largest absolute Gasteiger partial charge is 0.445 e. The molecule has 0 heterocycles. The molecule has 0 bridgehead atoms. The van der Waals surface area contributed by atoms with Crippen LogP contribution in [0, 0.1) is 0 Å². The van der Waals surface area contributed by atoms with Gasteiger partial charge in [0, 0.05) is 7.11 Å². The van der Waals surface area contributed by atoms with Crippen molar-refractivity contribution in [1.82, 2.24) is 5.32 Å². The van der Waals surface area contributed by atoms with E-state index in [1.54, 1.807) is 0 Å². The van der Waals surface area contributed by atoms with Crippen LogP contribution in [-0.4, -0.2) is 30.6 Å². The molecule has 0 saturated heterocycles. The van der Waals surface area contributed by atoms with E-state index in [1.807, 2.05) is 37.3 Å². The molecule has 0 radical (unpaired) electrons. The third-order valence-electron chi connectivity index (χ3n) is 2.54. The van der Waals surface area contributed by atoms with Crippen molar-refractivity contribution < 1.29 is 19.4 Å². The van der Waals surface area contributed by atoms with Gasteiger partial charge in [-0.1, -0.05) is 37.3 Å². The van der Waals surface area contributed by atoms with Gasteiger partial charge in [0.05, 0.1) is 6.04 Å². The molecular formula is C13H19NO4. The molecule has 1 amide bonds. The number of aliphatic hydroxyl groups excluding tert-OH is 1. The van der Waals surface area contributed by atoms with Crippen LogP contribution < -0.4 is 5.32 Å². The summed E-state index contributed by atoms with van der Waals surface area (Å²) in [5.41, 5.74) is 0.910. The maximum atomic E-state index is 11.5. The minimum Gasteiger partial charge on any atom is -0.445 e. The predicted molar refractivity (Wildman–Crippen MR) is 66.9 cm³/mol. The van der Waals surface area contributed by atoms with Crippen LogP contribution in [0.4, 0.5) is 4.79 Å². The lowest BCUT2D eigenvalue weighted by Gasteiger charge is -2.21. The molecule has 0 aliphatic rings. The Balaban J connectivity index is 2.37. The number of carbonyl (C=O) groups is 1. The third-order valence-corrected chi connectivity index (χ3v) is 2.54. The van der Waals surface area contributed by atoms with Gasteiger partial charge in [-0.3, -0.25) is 0 Å². The summed E-state index contributed by atoms with van der Waals surface area (Å²) in [4.78, 5) is 11.5. The fourth-order valence-electron chi connectivity index (χ4n) is 1.46. The van der Waals surface area contributed by atoms with Crippen molar-refractivity contribution in [3.8, 4) is 0 Å². The minimum absolute atomic E-state index is 0.201. The van der Waals surface area contributed by atoms with Crippen molar-refractivity contribution in [2.45, 2.75) is 32.3 Å². The van der Waals surface area contributed by atoms with Gasteiger partial charge < -0.3 is 19.9 Å². The summed E-state index contributed by atoms with van der Waals surface area (Å²) >= 11 is 0. The average Bonchev–Trinajstić information content (AvgIpc) is 2.42. The van der Waals surface area contributed by atoms with Crippen molar-refractivity contribution >= 4 is 6.09 Å². The maximum Gasteiger partial charge on any atom is 0.407 e. The number of nitrogens with one attached hydrogen (secondary N) is 1. The van der Waals surface area contributed by atoms with Gasteiger partial charge in [0.2, 0.25) is 0 Å². The number of benzene rings is 1. The highest BCUT2D eigenvalue weighted by atomic mass is 16.6. The Morgan fingerprint density at radius 3 is 2.61 bits per heavy atom. The van der Waals surface area contributed by atoms with E-state index in [9.17, 15) is 9.90 Å². The molecule has 0 saturated carbocycles. The first kappa shape index (κ1) is 14.5. The Hall–Kier alpha value is -1.59. The molecule has 1 unspecified atom stereocenters. The summed E-state index contributed by atoms with van der Waals surface area (Å²) in [6.07, 6.45) is -1.05. The van der Waals surface area contributed by atoms with Crippen LogP contribution in [0.5, 0.6) is 0 Å². The van der Waals surface area contributed by atoms with Gasteiger partial charge in [-0.25, -0.2) is 4.79 Å². The first-order valence-corrected chi connectivity index (χ1v) is 5.85. The van der Waals surface area contributed by atoms with Gasteiger partial charge >= 0.3 is 6.09 Å². The number of rotatable bonds is 6. The van der Waals surface area contributed by atoms with Gasteiger partial charge in [0.1, 0.15) is 6.61 Å². The molecule has 0 fully saturated rings. The maximum absolute atomic E-state index is 11.5. The number of hydrogen-bond acceptors (Lipinski definition) is 4. The highest BCUT2D eigenvalue weighted by molar-refractivity contribution is 5.67. The molecule has 0 spiro atoms. The van der Waals surface area contributed by atoms with E-state index >= 15 is 0 Å². The van der Waals surface area contributed by atoms with E-state index in [2.05, 4.69) is 5.32 Å². The fourth-order valence-corrected chi connectivity index (χ4v) is 1.46. The summed E-state index contributed by atoms with van der Waals surface area (Å²) in [7, 11) is 1.38. The van der Waals surface area contributed by atoms with E-state index in [0.29, 0.717) is 6.42 Å². The highest BCUT2D eigenvalue weighted by Crippen LogP contribution is 2.03. The van der Waals surface area contributed by atoms with Crippen molar-refractivity contribution in [1.29, 1.82) is 0 Å².